The van der Waals surface area contributed by atoms with Crippen molar-refractivity contribution in [3.63, 3.8) is 0 Å². The van der Waals surface area contributed by atoms with E-state index in [4.69, 9.17) is 9.15 Å². The van der Waals surface area contributed by atoms with E-state index >= 15 is 0 Å². The number of furan rings is 1. The van der Waals surface area contributed by atoms with Crippen molar-refractivity contribution in [3.8, 4) is 5.69 Å². The molecule has 8 heteroatoms. The summed E-state index contributed by atoms with van der Waals surface area (Å²) in [6, 6.07) is 12.5. The summed E-state index contributed by atoms with van der Waals surface area (Å²) in [4.78, 5) is 24.9. The Labute approximate surface area is 162 Å². The van der Waals surface area contributed by atoms with Gasteiger partial charge in [0, 0.05) is 20.2 Å². The molecule has 0 fully saturated rings. The van der Waals surface area contributed by atoms with Crippen LogP contribution >= 0.6 is 0 Å². The first-order valence-corrected chi connectivity index (χ1v) is 9.07. The molecule has 0 aliphatic carbocycles. The van der Waals surface area contributed by atoms with E-state index in [2.05, 4.69) is 10.6 Å². The molecule has 2 amide bonds. The van der Waals surface area contributed by atoms with Crippen LogP contribution in [0.25, 0.3) is 5.69 Å². The first-order chi connectivity index (χ1) is 13.6. The lowest BCUT2D eigenvalue weighted by Gasteiger charge is -2.07. The maximum absolute atomic E-state index is 12.7. The van der Waals surface area contributed by atoms with Crippen LogP contribution in [-0.2, 0) is 18.4 Å². The third-order valence-electron chi connectivity index (χ3n) is 4.37. The van der Waals surface area contributed by atoms with Gasteiger partial charge in [-0.05, 0) is 37.6 Å². The van der Waals surface area contributed by atoms with Crippen molar-refractivity contribution in [3.05, 3.63) is 70.5 Å². The van der Waals surface area contributed by atoms with Crippen LogP contribution < -0.4 is 16.2 Å². The Kier molecular flexibility index (Phi) is 6.33. The lowest BCUT2D eigenvalue weighted by Crippen LogP contribution is -2.32. The molecule has 0 spiro atoms. The summed E-state index contributed by atoms with van der Waals surface area (Å²) in [7, 11) is 1.78. The number of anilines is 1. The van der Waals surface area contributed by atoms with Crippen LogP contribution in [0.1, 0.15) is 17.9 Å². The van der Waals surface area contributed by atoms with Crippen LogP contribution in [0.2, 0.25) is 0 Å². The maximum atomic E-state index is 12.7. The first-order valence-electron chi connectivity index (χ1n) is 9.07. The molecule has 0 radical (unpaired) electrons. The predicted molar refractivity (Wildman–Crippen MR) is 106 cm³/mol. The number of aromatic nitrogens is 2. The molecule has 0 saturated carbocycles. The van der Waals surface area contributed by atoms with Gasteiger partial charge in [-0.3, -0.25) is 9.48 Å². The van der Waals surface area contributed by atoms with Gasteiger partial charge in [-0.1, -0.05) is 18.2 Å². The second kappa shape index (κ2) is 9.09. The normalized spacial score (nSPS) is 10.8. The van der Waals surface area contributed by atoms with Gasteiger partial charge in [0.1, 0.15) is 18.1 Å². The molecular formula is C20H24N4O4. The molecule has 2 N–H and O–H groups in total. The highest BCUT2D eigenvalue weighted by Crippen LogP contribution is 2.13. The maximum Gasteiger partial charge on any atom is 0.319 e. The molecule has 1 aromatic carbocycles. The van der Waals surface area contributed by atoms with Crippen LogP contribution in [0.3, 0.4) is 0 Å². The number of carbonyl (C=O) groups is 1. The van der Waals surface area contributed by atoms with Gasteiger partial charge < -0.3 is 19.8 Å². The number of carbonyl (C=O) groups excluding carboxylic acids is 1. The van der Waals surface area contributed by atoms with Gasteiger partial charge >= 0.3 is 6.03 Å². The summed E-state index contributed by atoms with van der Waals surface area (Å²) in [5.41, 5.74) is 1.40. The number of ether oxygens (including phenoxy) is 1. The minimum atomic E-state index is -0.419. The largest absolute Gasteiger partial charge is 0.467 e. The van der Waals surface area contributed by atoms with Crippen molar-refractivity contribution in [2.45, 2.75) is 20.0 Å². The van der Waals surface area contributed by atoms with Gasteiger partial charge in [-0.2, -0.15) is 0 Å². The van der Waals surface area contributed by atoms with Crippen molar-refractivity contribution < 1.29 is 13.9 Å². The minimum absolute atomic E-state index is 0.262. The second-order valence-corrected chi connectivity index (χ2v) is 6.30. The SMILES string of the molecule is Cc1c(NC(=O)NCCCOCc2ccco2)c(=O)n(-c2ccccc2)n1C. The summed E-state index contributed by atoms with van der Waals surface area (Å²) in [5.74, 6) is 0.764. The van der Waals surface area contributed by atoms with Crippen molar-refractivity contribution >= 4 is 11.7 Å². The van der Waals surface area contributed by atoms with E-state index in [1.807, 2.05) is 42.5 Å². The Morgan fingerprint density at radius 1 is 1.18 bits per heavy atom. The Morgan fingerprint density at radius 2 is 1.96 bits per heavy atom. The van der Waals surface area contributed by atoms with Crippen LogP contribution in [0.5, 0.6) is 0 Å². The average molecular weight is 384 g/mol. The Bertz CT molecular complexity index is 958. The smallest absolute Gasteiger partial charge is 0.319 e. The molecule has 0 unspecified atom stereocenters. The standard InChI is InChI=1S/C20H24N4O4/c1-15-18(19(25)24(23(15)2)16-8-4-3-5-9-16)22-20(26)21-11-7-12-27-14-17-10-6-13-28-17/h3-6,8-10,13H,7,11-12,14H2,1-2H3,(H2,21,22,26). The zero-order valence-electron chi connectivity index (χ0n) is 16.0. The molecule has 3 rings (SSSR count). The number of para-hydroxylation sites is 1. The summed E-state index contributed by atoms with van der Waals surface area (Å²) in [6.45, 7) is 3.12. The van der Waals surface area contributed by atoms with E-state index in [-0.39, 0.29) is 11.2 Å². The van der Waals surface area contributed by atoms with E-state index < -0.39 is 6.03 Å². The number of hydrogen-bond acceptors (Lipinski definition) is 4. The number of hydrogen-bond donors (Lipinski definition) is 2. The molecule has 0 aliphatic rings. The quantitative estimate of drug-likeness (QED) is 0.585. The molecule has 2 aromatic heterocycles. The highest BCUT2D eigenvalue weighted by molar-refractivity contribution is 5.89. The van der Waals surface area contributed by atoms with Gasteiger partial charge in [0.15, 0.2) is 0 Å². The van der Waals surface area contributed by atoms with E-state index in [1.54, 1.807) is 24.9 Å². The summed E-state index contributed by atoms with van der Waals surface area (Å²) < 4.78 is 13.9. The Hall–Kier alpha value is -3.26. The molecule has 3 aromatic rings. The monoisotopic (exact) mass is 384 g/mol. The molecule has 0 aliphatic heterocycles. The topological polar surface area (TPSA) is 90.4 Å². The fourth-order valence-electron chi connectivity index (χ4n) is 2.81. The third kappa shape index (κ3) is 4.52. The Balaban J connectivity index is 1.51. The highest BCUT2D eigenvalue weighted by atomic mass is 16.5. The summed E-state index contributed by atoms with van der Waals surface area (Å²) in [6.07, 6.45) is 2.25. The Morgan fingerprint density at radius 3 is 2.68 bits per heavy atom. The van der Waals surface area contributed by atoms with Crippen molar-refractivity contribution in [1.29, 1.82) is 0 Å². The number of nitrogens with zero attached hydrogens (tertiary/aromatic N) is 2. The molecule has 0 atom stereocenters. The fraction of sp³-hybridized carbons (Fsp3) is 0.300. The number of nitrogens with one attached hydrogen (secondary N) is 2. The molecule has 0 saturated heterocycles. The zero-order valence-corrected chi connectivity index (χ0v) is 16.0. The number of amides is 2. The molecule has 8 nitrogen and oxygen atoms in total. The number of benzene rings is 1. The molecule has 28 heavy (non-hydrogen) atoms. The van der Waals surface area contributed by atoms with Crippen LogP contribution in [-0.4, -0.2) is 28.5 Å². The average Bonchev–Trinajstić information content (AvgIpc) is 3.28. The van der Waals surface area contributed by atoms with Crippen LogP contribution in [0.4, 0.5) is 10.5 Å². The van der Waals surface area contributed by atoms with Crippen molar-refractivity contribution in [1.82, 2.24) is 14.7 Å². The van der Waals surface area contributed by atoms with E-state index in [0.717, 1.165) is 11.4 Å². The summed E-state index contributed by atoms with van der Waals surface area (Å²) >= 11 is 0. The highest BCUT2D eigenvalue weighted by Gasteiger charge is 2.17. The summed E-state index contributed by atoms with van der Waals surface area (Å²) in [5, 5.41) is 5.40. The third-order valence-corrected chi connectivity index (χ3v) is 4.37. The van der Waals surface area contributed by atoms with E-state index in [0.29, 0.717) is 31.9 Å². The van der Waals surface area contributed by atoms with Crippen molar-refractivity contribution in [2.24, 2.45) is 7.05 Å². The van der Waals surface area contributed by atoms with Gasteiger partial charge in [-0.25, -0.2) is 9.48 Å². The minimum Gasteiger partial charge on any atom is -0.467 e. The van der Waals surface area contributed by atoms with Crippen molar-refractivity contribution in [2.75, 3.05) is 18.5 Å². The second-order valence-electron chi connectivity index (χ2n) is 6.30. The van der Waals surface area contributed by atoms with Crippen LogP contribution in [0, 0.1) is 6.92 Å². The van der Waals surface area contributed by atoms with E-state index in [9.17, 15) is 9.59 Å². The molecule has 0 bridgehead atoms. The fourth-order valence-corrected chi connectivity index (χ4v) is 2.81. The lowest BCUT2D eigenvalue weighted by atomic mass is 10.3. The van der Waals surface area contributed by atoms with Gasteiger partial charge in [0.25, 0.3) is 5.56 Å². The predicted octanol–water partition coefficient (Wildman–Crippen LogP) is 2.81. The van der Waals surface area contributed by atoms with Crippen LogP contribution in [0.15, 0.2) is 57.9 Å². The van der Waals surface area contributed by atoms with E-state index in [1.165, 1.54) is 4.68 Å². The van der Waals surface area contributed by atoms with Gasteiger partial charge in [-0.15, -0.1) is 0 Å². The molecular weight excluding hydrogens is 360 g/mol. The van der Waals surface area contributed by atoms with Gasteiger partial charge in [0.05, 0.1) is 17.6 Å². The molecule has 148 valence electrons. The number of rotatable bonds is 8. The zero-order chi connectivity index (χ0) is 19.9. The lowest BCUT2D eigenvalue weighted by molar-refractivity contribution is 0.104. The first kappa shape index (κ1) is 19.5. The van der Waals surface area contributed by atoms with Gasteiger partial charge in [0.2, 0.25) is 0 Å². The number of urea groups is 1. The molecule has 2 heterocycles.